The van der Waals surface area contributed by atoms with E-state index in [1.54, 1.807) is 13.8 Å². The Morgan fingerprint density at radius 1 is 1.31 bits per heavy atom. The molecule has 6 heteroatoms. The average Bonchev–Trinajstić information content (AvgIpc) is 2.59. The first-order valence-electron chi connectivity index (χ1n) is 8.68. The molecule has 0 bridgehead atoms. The van der Waals surface area contributed by atoms with Gasteiger partial charge >= 0.3 is 5.97 Å². The van der Waals surface area contributed by atoms with Crippen molar-refractivity contribution in [1.82, 2.24) is 5.32 Å². The molecule has 1 amide bonds. The molecular formula is C20H24N2O3S. The van der Waals surface area contributed by atoms with Gasteiger partial charge in [-0.25, -0.2) is 0 Å². The van der Waals surface area contributed by atoms with Gasteiger partial charge in [0, 0.05) is 12.3 Å². The van der Waals surface area contributed by atoms with Crippen molar-refractivity contribution in [1.29, 1.82) is 5.26 Å². The molecule has 0 fully saturated rings. The van der Waals surface area contributed by atoms with Crippen molar-refractivity contribution in [2.45, 2.75) is 52.1 Å². The zero-order valence-corrected chi connectivity index (χ0v) is 16.4. The fourth-order valence-electron chi connectivity index (χ4n) is 2.76. The molecule has 5 nitrogen and oxygen atoms in total. The fourth-order valence-corrected chi connectivity index (χ4v) is 3.62. The fraction of sp³-hybridized carbons (Fsp3) is 0.450. The number of benzene rings is 1. The lowest BCUT2D eigenvalue weighted by Gasteiger charge is -2.25. The zero-order chi connectivity index (χ0) is 19.3. The highest BCUT2D eigenvalue weighted by molar-refractivity contribution is 8.03. The van der Waals surface area contributed by atoms with E-state index in [0.717, 1.165) is 17.3 Å². The van der Waals surface area contributed by atoms with Crippen LogP contribution in [-0.4, -0.2) is 23.7 Å². The highest BCUT2D eigenvalue weighted by Gasteiger charge is 2.30. The number of hydrogen-bond acceptors (Lipinski definition) is 5. The second kappa shape index (κ2) is 8.91. The zero-order valence-electron chi connectivity index (χ0n) is 15.5. The Hall–Kier alpha value is -2.26. The Kier molecular flexibility index (Phi) is 6.87. The number of nitriles is 1. The number of amides is 1. The van der Waals surface area contributed by atoms with E-state index in [9.17, 15) is 14.9 Å². The summed E-state index contributed by atoms with van der Waals surface area (Å²) in [6.07, 6.45) is 0.0328. The van der Waals surface area contributed by atoms with Gasteiger partial charge in [0.15, 0.2) is 0 Å². The summed E-state index contributed by atoms with van der Waals surface area (Å²) in [5.74, 6) is -0.340. The van der Waals surface area contributed by atoms with Crippen molar-refractivity contribution in [2.75, 3.05) is 5.75 Å². The number of ether oxygens (including phenoxy) is 1. The van der Waals surface area contributed by atoms with E-state index in [0.29, 0.717) is 16.5 Å². The van der Waals surface area contributed by atoms with Crippen LogP contribution in [0.4, 0.5) is 0 Å². The minimum Gasteiger partial charge on any atom is -0.462 e. The molecule has 0 spiro atoms. The SMILES string of the molecule is CC(C)OC(=O)CSC1=C(C#N)[C@H](c2ccc(C(C)C)cc2)CC(=O)N1. The van der Waals surface area contributed by atoms with Crippen LogP contribution in [0, 0.1) is 11.3 Å². The molecule has 0 saturated heterocycles. The summed E-state index contributed by atoms with van der Waals surface area (Å²) < 4.78 is 5.11. The number of esters is 1. The molecular weight excluding hydrogens is 348 g/mol. The smallest absolute Gasteiger partial charge is 0.316 e. The average molecular weight is 372 g/mol. The molecule has 0 aliphatic carbocycles. The molecule has 26 heavy (non-hydrogen) atoms. The highest BCUT2D eigenvalue weighted by Crippen LogP contribution is 2.36. The molecule has 0 aromatic heterocycles. The first-order valence-corrected chi connectivity index (χ1v) is 9.66. The topological polar surface area (TPSA) is 79.2 Å². The third-order valence-electron chi connectivity index (χ3n) is 4.06. The van der Waals surface area contributed by atoms with Crippen LogP contribution in [0.5, 0.6) is 0 Å². The van der Waals surface area contributed by atoms with E-state index in [-0.39, 0.29) is 36.1 Å². The van der Waals surface area contributed by atoms with Crippen molar-refractivity contribution < 1.29 is 14.3 Å². The number of nitrogens with zero attached hydrogens (tertiary/aromatic N) is 1. The number of thioether (sulfide) groups is 1. The third kappa shape index (κ3) is 5.12. The summed E-state index contributed by atoms with van der Waals surface area (Å²) in [7, 11) is 0. The number of carbonyl (C=O) groups excluding carboxylic acids is 2. The van der Waals surface area contributed by atoms with Crippen molar-refractivity contribution in [2.24, 2.45) is 0 Å². The van der Waals surface area contributed by atoms with Gasteiger partial charge in [-0.2, -0.15) is 5.26 Å². The lowest BCUT2D eigenvalue weighted by Crippen LogP contribution is -2.31. The van der Waals surface area contributed by atoms with Crippen LogP contribution < -0.4 is 5.32 Å². The number of allylic oxidation sites excluding steroid dienone is 1. The number of rotatable bonds is 6. The van der Waals surface area contributed by atoms with Gasteiger partial charge in [-0.3, -0.25) is 9.59 Å². The minimum absolute atomic E-state index is 0.0536. The maximum Gasteiger partial charge on any atom is 0.316 e. The Morgan fingerprint density at radius 3 is 2.50 bits per heavy atom. The first kappa shape index (κ1) is 20.1. The molecule has 1 aromatic rings. The summed E-state index contributed by atoms with van der Waals surface area (Å²) in [5.41, 5.74) is 2.63. The largest absolute Gasteiger partial charge is 0.462 e. The Balaban J connectivity index is 2.24. The predicted octanol–water partition coefficient (Wildman–Crippen LogP) is 3.83. The van der Waals surface area contributed by atoms with Gasteiger partial charge in [0.25, 0.3) is 0 Å². The van der Waals surface area contributed by atoms with E-state index >= 15 is 0 Å². The van der Waals surface area contributed by atoms with Crippen molar-refractivity contribution in [3.05, 3.63) is 46.0 Å². The number of hydrogen-bond donors (Lipinski definition) is 1. The van der Waals surface area contributed by atoms with E-state index in [1.165, 1.54) is 5.56 Å². The van der Waals surface area contributed by atoms with Crippen LogP contribution in [0.1, 0.15) is 57.1 Å². The molecule has 1 N–H and O–H groups in total. The molecule has 1 aromatic carbocycles. The van der Waals surface area contributed by atoms with Gasteiger partial charge in [0.1, 0.15) is 0 Å². The van der Waals surface area contributed by atoms with Crippen LogP contribution in [0.2, 0.25) is 0 Å². The second-order valence-electron chi connectivity index (χ2n) is 6.81. The molecule has 0 unspecified atom stereocenters. The Morgan fingerprint density at radius 2 is 1.96 bits per heavy atom. The van der Waals surface area contributed by atoms with E-state index in [2.05, 4.69) is 25.2 Å². The second-order valence-corrected chi connectivity index (χ2v) is 7.79. The molecule has 1 aliphatic heterocycles. The molecule has 1 aliphatic rings. The lowest BCUT2D eigenvalue weighted by atomic mass is 9.86. The van der Waals surface area contributed by atoms with Crippen LogP contribution in [0.3, 0.4) is 0 Å². The third-order valence-corrected chi connectivity index (χ3v) is 5.05. The first-order chi connectivity index (χ1) is 12.3. The van der Waals surface area contributed by atoms with Crippen LogP contribution >= 0.6 is 11.8 Å². The minimum atomic E-state index is -0.368. The summed E-state index contributed by atoms with van der Waals surface area (Å²) in [6, 6.07) is 10.2. The van der Waals surface area contributed by atoms with Gasteiger partial charge in [0.2, 0.25) is 5.91 Å². The van der Waals surface area contributed by atoms with Crippen LogP contribution in [0.15, 0.2) is 34.9 Å². The van der Waals surface area contributed by atoms with Gasteiger partial charge < -0.3 is 10.1 Å². The maximum atomic E-state index is 12.1. The number of nitrogens with one attached hydrogen (secondary N) is 1. The van der Waals surface area contributed by atoms with Gasteiger partial charge in [-0.05, 0) is 30.9 Å². The van der Waals surface area contributed by atoms with Crippen molar-refractivity contribution in [3.8, 4) is 6.07 Å². The molecule has 1 atom stereocenters. The maximum absolute atomic E-state index is 12.1. The van der Waals surface area contributed by atoms with Crippen LogP contribution in [-0.2, 0) is 14.3 Å². The summed E-state index contributed by atoms with van der Waals surface area (Å²) in [5, 5.41) is 12.8. The van der Waals surface area contributed by atoms with Crippen LogP contribution in [0.25, 0.3) is 0 Å². The summed E-state index contributed by atoms with van der Waals surface area (Å²) >= 11 is 1.14. The van der Waals surface area contributed by atoms with Gasteiger partial charge in [0.05, 0.1) is 28.5 Å². The highest BCUT2D eigenvalue weighted by atomic mass is 32.2. The summed E-state index contributed by atoms with van der Waals surface area (Å²) in [4.78, 5) is 23.9. The lowest BCUT2D eigenvalue weighted by molar-refractivity contribution is -0.144. The monoisotopic (exact) mass is 372 g/mol. The van der Waals surface area contributed by atoms with E-state index < -0.39 is 0 Å². The Labute approximate surface area is 158 Å². The molecule has 2 rings (SSSR count). The molecule has 0 saturated carbocycles. The number of carbonyl (C=O) groups is 2. The quantitative estimate of drug-likeness (QED) is 0.768. The van der Waals surface area contributed by atoms with E-state index in [1.807, 2.05) is 24.3 Å². The summed E-state index contributed by atoms with van der Waals surface area (Å²) in [6.45, 7) is 7.80. The molecule has 0 radical (unpaired) electrons. The van der Waals surface area contributed by atoms with E-state index in [4.69, 9.17) is 4.74 Å². The molecule has 138 valence electrons. The van der Waals surface area contributed by atoms with Crippen molar-refractivity contribution in [3.63, 3.8) is 0 Å². The van der Waals surface area contributed by atoms with Gasteiger partial charge in [-0.1, -0.05) is 49.9 Å². The Bertz CT molecular complexity index is 745. The standard InChI is InChI=1S/C20H24N2O3S/c1-12(2)14-5-7-15(8-6-14)16-9-18(23)22-20(17(16)10-21)26-11-19(24)25-13(3)4/h5-8,12-13,16H,9,11H2,1-4H3,(H,22,23)/t16-/m0/s1. The van der Waals surface area contributed by atoms with Gasteiger partial charge in [-0.15, -0.1) is 0 Å². The predicted molar refractivity (Wildman–Crippen MR) is 102 cm³/mol. The van der Waals surface area contributed by atoms with Crippen molar-refractivity contribution >= 4 is 23.6 Å². The molecule has 1 heterocycles. The normalized spacial score (nSPS) is 17.3.